The summed E-state index contributed by atoms with van der Waals surface area (Å²) in [5.41, 5.74) is 8.71. The number of primary amides is 1. The molecular formula is C20H20F2N6O. The molecule has 0 aliphatic carbocycles. The summed E-state index contributed by atoms with van der Waals surface area (Å²) >= 11 is 0. The molecule has 1 aliphatic heterocycles. The maximum atomic E-state index is 14.5. The van der Waals surface area contributed by atoms with Crippen molar-refractivity contribution < 1.29 is 13.6 Å². The molecule has 1 aliphatic rings. The van der Waals surface area contributed by atoms with Gasteiger partial charge in [0.15, 0.2) is 0 Å². The highest BCUT2D eigenvalue weighted by atomic mass is 19.1. The number of carbonyl (C=O) groups excluding carboxylic acids is 1. The van der Waals surface area contributed by atoms with Crippen molar-refractivity contribution in [3.8, 4) is 11.1 Å². The summed E-state index contributed by atoms with van der Waals surface area (Å²) in [6, 6.07) is 4.91. The van der Waals surface area contributed by atoms with Gasteiger partial charge in [0.2, 0.25) is 0 Å². The molecule has 1 atom stereocenters. The maximum Gasteiger partial charge on any atom is 0.267 e. The molecule has 3 heterocycles. The second-order valence-corrected chi connectivity index (χ2v) is 7.15. The topological polar surface area (TPSA) is 89.9 Å². The van der Waals surface area contributed by atoms with Crippen molar-refractivity contribution in [3.05, 3.63) is 64.7 Å². The molecule has 0 bridgehead atoms. The van der Waals surface area contributed by atoms with Crippen LogP contribution in [0.1, 0.15) is 40.4 Å². The standard InChI is InChI=1S/C20H20F2N6O/c1-11(19-9-24-26-27(19)2)28-6-5-14-15(13-4-3-12(21)7-16(13)22)8-17(20(23)29)25-18(14)10-28/h3-4,7-9,11H,5-6,10H2,1-2H3,(H2,23,29)/t11-/m0/s1. The second kappa shape index (κ2) is 7.32. The summed E-state index contributed by atoms with van der Waals surface area (Å²) in [4.78, 5) is 18.4. The number of hydrogen-bond donors (Lipinski definition) is 1. The number of carbonyl (C=O) groups is 1. The van der Waals surface area contributed by atoms with Gasteiger partial charge in [0, 0.05) is 31.8 Å². The Morgan fingerprint density at radius 2 is 2.03 bits per heavy atom. The molecule has 2 aromatic heterocycles. The average molecular weight is 398 g/mol. The largest absolute Gasteiger partial charge is 0.364 e. The van der Waals surface area contributed by atoms with E-state index in [1.54, 1.807) is 10.9 Å². The van der Waals surface area contributed by atoms with Gasteiger partial charge in [0.1, 0.15) is 17.3 Å². The van der Waals surface area contributed by atoms with Gasteiger partial charge in [-0.15, -0.1) is 5.10 Å². The summed E-state index contributed by atoms with van der Waals surface area (Å²) in [6.45, 7) is 3.20. The maximum absolute atomic E-state index is 14.5. The summed E-state index contributed by atoms with van der Waals surface area (Å²) in [6.07, 6.45) is 2.32. The van der Waals surface area contributed by atoms with E-state index in [4.69, 9.17) is 5.73 Å². The molecule has 0 saturated heterocycles. The van der Waals surface area contributed by atoms with Crippen molar-refractivity contribution in [2.45, 2.75) is 25.9 Å². The number of fused-ring (bicyclic) bond motifs is 1. The Bertz CT molecular complexity index is 1100. The lowest BCUT2D eigenvalue weighted by Gasteiger charge is -2.34. The molecule has 7 nitrogen and oxygen atoms in total. The van der Waals surface area contributed by atoms with Crippen molar-refractivity contribution in [2.75, 3.05) is 6.54 Å². The van der Waals surface area contributed by atoms with Crippen LogP contribution in [0.25, 0.3) is 11.1 Å². The van der Waals surface area contributed by atoms with Gasteiger partial charge in [0.25, 0.3) is 5.91 Å². The minimum atomic E-state index is -0.697. The lowest BCUT2D eigenvalue weighted by atomic mass is 9.92. The number of benzene rings is 1. The zero-order valence-corrected chi connectivity index (χ0v) is 16.1. The van der Waals surface area contributed by atoms with E-state index in [0.717, 1.165) is 17.3 Å². The van der Waals surface area contributed by atoms with E-state index in [1.165, 1.54) is 18.2 Å². The molecule has 4 rings (SSSR count). The van der Waals surface area contributed by atoms with E-state index >= 15 is 0 Å². The fraction of sp³-hybridized carbons (Fsp3) is 0.300. The number of amides is 1. The average Bonchev–Trinajstić information content (AvgIpc) is 3.12. The summed E-state index contributed by atoms with van der Waals surface area (Å²) in [5, 5.41) is 7.90. The molecule has 29 heavy (non-hydrogen) atoms. The SMILES string of the molecule is C[C@@H](c1cnnn1C)N1CCc2c(-c3ccc(F)cc3F)cc(C(N)=O)nc2C1. The van der Waals surface area contributed by atoms with Crippen LogP contribution in [0, 0.1) is 11.6 Å². The summed E-state index contributed by atoms with van der Waals surface area (Å²) in [5.74, 6) is -2.04. The minimum absolute atomic E-state index is 0.0215. The molecule has 2 N–H and O–H groups in total. The Morgan fingerprint density at radius 3 is 2.69 bits per heavy atom. The first-order valence-corrected chi connectivity index (χ1v) is 9.21. The van der Waals surface area contributed by atoms with Crippen LogP contribution in [-0.4, -0.2) is 37.3 Å². The molecule has 0 unspecified atom stereocenters. The van der Waals surface area contributed by atoms with Crippen LogP contribution in [0.15, 0.2) is 30.5 Å². The summed E-state index contributed by atoms with van der Waals surface area (Å²) < 4.78 is 29.6. The number of rotatable bonds is 4. The second-order valence-electron chi connectivity index (χ2n) is 7.15. The predicted octanol–water partition coefficient (Wildman–Crippen LogP) is 2.37. The van der Waals surface area contributed by atoms with Gasteiger partial charge < -0.3 is 5.73 Å². The van der Waals surface area contributed by atoms with E-state index in [-0.39, 0.29) is 17.3 Å². The Balaban J connectivity index is 1.77. The van der Waals surface area contributed by atoms with Crippen molar-refractivity contribution in [2.24, 2.45) is 12.8 Å². The minimum Gasteiger partial charge on any atom is -0.364 e. The van der Waals surface area contributed by atoms with Gasteiger partial charge in [-0.05, 0) is 42.7 Å². The highest BCUT2D eigenvalue weighted by molar-refractivity contribution is 5.92. The van der Waals surface area contributed by atoms with E-state index in [2.05, 4.69) is 20.2 Å². The molecule has 0 saturated carbocycles. The predicted molar refractivity (Wildman–Crippen MR) is 102 cm³/mol. The lowest BCUT2D eigenvalue weighted by Crippen LogP contribution is -2.35. The van der Waals surface area contributed by atoms with Crippen LogP contribution < -0.4 is 5.73 Å². The van der Waals surface area contributed by atoms with Crippen LogP contribution in [0.3, 0.4) is 0 Å². The Morgan fingerprint density at radius 1 is 1.24 bits per heavy atom. The number of nitrogens with zero attached hydrogens (tertiary/aromatic N) is 5. The van der Waals surface area contributed by atoms with Crippen LogP contribution in [0.4, 0.5) is 8.78 Å². The molecule has 1 aromatic carbocycles. The van der Waals surface area contributed by atoms with Crippen LogP contribution in [0.2, 0.25) is 0 Å². The Kier molecular flexibility index (Phi) is 4.83. The normalized spacial score (nSPS) is 15.2. The van der Waals surface area contributed by atoms with Gasteiger partial charge in [-0.2, -0.15) is 0 Å². The van der Waals surface area contributed by atoms with Gasteiger partial charge in [-0.3, -0.25) is 14.4 Å². The van der Waals surface area contributed by atoms with Crippen LogP contribution in [-0.2, 0) is 20.0 Å². The Hall–Kier alpha value is -3.20. The van der Waals surface area contributed by atoms with Crippen molar-refractivity contribution >= 4 is 5.91 Å². The van der Waals surface area contributed by atoms with Gasteiger partial charge >= 0.3 is 0 Å². The monoisotopic (exact) mass is 398 g/mol. The first-order chi connectivity index (χ1) is 13.8. The summed E-state index contributed by atoms with van der Waals surface area (Å²) in [7, 11) is 1.83. The van der Waals surface area contributed by atoms with E-state index in [1.807, 2.05) is 14.0 Å². The number of aryl methyl sites for hydroxylation is 1. The highest BCUT2D eigenvalue weighted by Gasteiger charge is 2.28. The molecule has 1 amide bonds. The van der Waals surface area contributed by atoms with Crippen molar-refractivity contribution in [1.29, 1.82) is 0 Å². The number of nitrogens with two attached hydrogens (primary N) is 1. The van der Waals surface area contributed by atoms with Gasteiger partial charge in [0.05, 0.1) is 23.6 Å². The third-order valence-electron chi connectivity index (χ3n) is 5.41. The number of aromatic nitrogens is 4. The van der Waals surface area contributed by atoms with Crippen molar-refractivity contribution in [1.82, 2.24) is 24.9 Å². The molecule has 0 spiro atoms. The number of halogens is 2. The Labute approximate surface area is 166 Å². The smallest absolute Gasteiger partial charge is 0.267 e. The zero-order chi connectivity index (χ0) is 20.7. The van der Waals surface area contributed by atoms with E-state index < -0.39 is 17.5 Å². The van der Waals surface area contributed by atoms with Gasteiger partial charge in [-0.1, -0.05) is 5.21 Å². The molecule has 0 radical (unpaired) electrons. The first-order valence-electron chi connectivity index (χ1n) is 9.21. The highest BCUT2D eigenvalue weighted by Crippen LogP contribution is 2.34. The molecule has 9 heteroatoms. The fourth-order valence-corrected chi connectivity index (χ4v) is 3.83. The molecular weight excluding hydrogens is 378 g/mol. The number of hydrogen-bond acceptors (Lipinski definition) is 5. The van der Waals surface area contributed by atoms with Crippen LogP contribution in [0.5, 0.6) is 0 Å². The quantitative estimate of drug-likeness (QED) is 0.729. The van der Waals surface area contributed by atoms with E-state index in [9.17, 15) is 13.6 Å². The molecule has 3 aromatic rings. The number of pyridine rings is 1. The fourth-order valence-electron chi connectivity index (χ4n) is 3.83. The van der Waals surface area contributed by atoms with Gasteiger partial charge in [-0.25, -0.2) is 13.8 Å². The molecule has 150 valence electrons. The van der Waals surface area contributed by atoms with Crippen molar-refractivity contribution in [3.63, 3.8) is 0 Å². The first kappa shape index (κ1) is 19.1. The zero-order valence-electron chi connectivity index (χ0n) is 16.1. The molecule has 0 fully saturated rings. The third kappa shape index (κ3) is 3.49. The van der Waals surface area contributed by atoms with Crippen LogP contribution >= 0.6 is 0 Å². The third-order valence-corrected chi connectivity index (χ3v) is 5.41. The van der Waals surface area contributed by atoms with E-state index in [0.29, 0.717) is 30.8 Å². The lowest BCUT2D eigenvalue weighted by molar-refractivity contribution is 0.0994.